The van der Waals surface area contributed by atoms with Crippen LogP contribution in [0.3, 0.4) is 0 Å². The summed E-state index contributed by atoms with van der Waals surface area (Å²) in [4.78, 5) is 72.6. The van der Waals surface area contributed by atoms with Crippen molar-refractivity contribution in [2.75, 3.05) is 39.6 Å². The lowest BCUT2D eigenvalue weighted by Crippen LogP contribution is -2.30. The number of rotatable bonds is 75. The van der Waals surface area contributed by atoms with Gasteiger partial charge < -0.3 is 33.8 Å². The van der Waals surface area contributed by atoms with Gasteiger partial charge in [-0.05, 0) is 31.6 Å². The molecule has 6 atom stereocenters. The molecule has 0 bridgehead atoms. The van der Waals surface area contributed by atoms with E-state index in [0.717, 1.165) is 95.8 Å². The fraction of sp³-hybridized carbons (Fsp3) is 0.947. The van der Waals surface area contributed by atoms with Crippen molar-refractivity contribution in [2.45, 2.75) is 412 Å². The van der Waals surface area contributed by atoms with Crippen LogP contribution >= 0.6 is 15.6 Å². The van der Waals surface area contributed by atoms with E-state index < -0.39 is 97.5 Å². The molecule has 0 aliphatic heterocycles. The Labute approximate surface area is 575 Å². The highest BCUT2D eigenvalue weighted by Gasteiger charge is 2.30. The number of ether oxygens (including phenoxy) is 4. The van der Waals surface area contributed by atoms with E-state index >= 15 is 0 Å². The summed E-state index contributed by atoms with van der Waals surface area (Å²) in [5.41, 5.74) is 0. The van der Waals surface area contributed by atoms with Gasteiger partial charge in [0, 0.05) is 25.7 Å². The number of hydrogen-bond donors (Lipinski definition) is 3. The molecule has 94 heavy (non-hydrogen) atoms. The molecule has 558 valence electrons. The summed E-state index contributed by atoms with van der Waals surface area (Å²) < 4.78 is 68.4. The minimum absolute atomic E-state index is 0.107. The SMILES string of the molecule is CCCCCCCCCCCCCCCCCCCCCCCC(=O)O[C@H](COC(=O)CCCCCCCCCCCCC(C)CC)COP(=O)(O)OC[C@@H](O)COP(=O)(O)OC[C@@H](COC(=O)CCCCCCCCCCC)OC(=O)CCCCCCCCCCCC. The van der Waals surface area contributed by atoms with Crippen LogP contribution in [-0.2, 0) is 65.4 Å². The molecule has 0 aliphatic rings. The van der Waals surface area contributed by atoms with Crippen LogP contribution in [0.4, 0.5) is 0 Å². The first-order chi connectivity index (χ1) is 45.6. The molecule has 0 saturated carbocycles. The molecule has 0 radical (unpaired) electrons. The zero-order valence-corrected chi connectivity index (χ0v) is 62.9. The van der Waals surface area contributed by atoms with Gasteiger partial charge in [-0.15, -0.1) is 0 Å². The van der Waals surface area contributed by atoms with Crippen LogP contribution in [0.1, 0.15) is 394 Å². The number of esters is 4. The molecule has 0 heterocycles. The number of aliphatic hydroxyl groups excluding tert-OH is 1. The third-order valence-corrected chi connectivity index (χ3v) is 19.8. The quantitative estimate of drug-likeness (QED) is 0.0222. The fourth-order valence-corrected chi connectivity index (χ4v) is 13.1. The standard InChI is InChI=1S/C75H146O17P2/c1-6-10-13-16-19-22-24-25-26-27-28-29-30-31-32-33-34-41-46-51-56-61-75(80)92-71(65-86-73(78)59-54-49-44-40-36-35-38-42-47-52-57-68(5)9-4)67-90-94(83,84)88-63-69(76)62-87-93(81,82)89-66-70(64-85-72(77)58-53-48-43-37-21-18-15-12-8-3)91-74(79)60-55-50-45-39-23-20-17-14-11-7-2/h68-71,76H,6-67H2,1-5H3,(H,81,82)(H,83,84)/t68?,69-,70+,71+/m0/s1. The van der Waals surface area contributed by atoms with Gasteiger partial charge >= 0.3 is 39.5 Å². The van der Waals surface area contributed by atoms with Crippen molar-refractivity contribution in [3.63, 3.8) is 0 Å². The highest BCUT2D eigenvalue weighted by Crippen LogP contribution is 2.45. The Balaban J connectivity index is 5.18. The molecule has 0 aliphatic carbocycles. The van der Waals surface area contributed by atoms with Crippen LogP contribution in [0.25, 0.3) is 0 Å². The van der Waals surface area contributed by atoms with E-state index in [1.807, 2.05) is 0 Å². The molecule has 0 rings (SSSR count). The monoisotopic (exact) mass is 1380 g/mol. The van der Waals surface area contributed by atoms with Crippen LogP contribution in [0.2, 0.25) is 0 Å². The lowest BCUT2D eigenvalue weighted by atomic mass is 9.99. The minimum Gasteiger partial charge on any atom is -0.462 e. The fourth-order valence-electron chi connectivity index (χ4n) is 11.5. The molecule has 17 nitrogen and oxygen atoms in total. The average Bonchev–Trinajstić information content (AvgIpc) is 1.64. The van der Waals surface area contributed by atoms with E-state index in [1.54, 1.807) is 0 Å². The summed E-state index contributed by atoms with van der Waals surface area (Å²) in [5.74, 6) is -1.31. The summed E-state index contributed by atoms with van der Waals surface area (Å²) in [6, 6.07) is 0. The lowest BCUT2D eigenvalue weighted by molar-refractivity contribution is -0.161. The van der Waals surface area contributed by atoms with Gasteiger partial charge in [0.15, 0.2) is 12.2 Å². The molecule has 19 heteroatoms. The number of unbranched alkanes of at least 4 members (excludes halogenated alkanes) is 46. The van der Waals surface area contributed by atoms with Crippen molar-refractivity contribution >= 4 is 39.5 Å². The molecule has 0 aromatic rings. The van der Waals surface area contributed by atoms with Crippen LogP contribution in [0, 0.1) is 5.92 Å². The van der Waals surface area contributed by atoms with Crippen molar-refractivity contribution in [3.05, 3.63) is 0 Å². The molecule has 0 aromatic heterocycles. The average molecular weight is 1380 g/mol. The molecular weight excluding hydrogens is 1230 g/mol. The predicted octanol–water partition coefficient (Wildman–Crippen LogP) is 22.1. The first-order valence-electron chi connectivity index (χ1n) is 39.2. The lowest BCUT2D eigenvalue weighted by Gasteiger charge is -2.21. The van der Waals surface area contributed by atoms with Gasteiger partial charge in [-0.1, -0.05) is 343 Å². The van der Waals surface area contributed by atoms with E-state index in [-0.39, 0.29) is 25.7 Å². The maximum Gasteiger partial charge on any atom is 0.472 e. The number of phosphoric ester groups is 2. The Morgan fingerprint density at radius 1 is 0.298 bits per heavy atom. The smallest absolute Gasteiger partial charge is 0.462 e. The number of phosphoric acid groups is 2. The highest BCUT2D eigenvalue weighted by atomic mass is 31.2. The van der Waals surface area contributed by atoms with Gasteiger partial charge in [-0.25, -0.2) is 9.13 Å². The Morgan fingerprint density at radius 3 is 0.755 bits per heavy atom. The largest absolute Gasteiger partial charge is 0.472 e. The maximum absolute atomic E-state index is 13.1. The summed E-state index contributed by atoms with van der Waals surface area (Å²) in [5, 5.41) is 10.6. The summed E-state index contributed by atoms with van der Waals surface area (Å²) in [7, 11) is -9.90. The number of carbonyl (C=O) groups is 4. The van der Waals surface area contributed by atoms with Crippen LogP contribution in [0.5, 0.6) is 0 Å². The van der Waals surface area contributed by atoms with Gasteiger partial charge in [-0.2, -0.15) is 0 Å². The molecule has 0 amide bonds. The molecular formula is C75H146O17P2. The van der Waals surface area contributed by atoms with Crippen LogP contribution in [0.15, 0.2) is 0 Å². The Hall–Kier alpha value is -1.94. The normalized spacial score (nSPS) is 14.3. The van der Waals surface area contributed by atoms with E-state index in [2.05, 4.69) is 34.6 Å². The van der Waals surface area contributed by atoms with Crippen molar-refractivity contribution in [2.24, 2.45) is 5.92 Å². The van der Waals surface area contributed by atoms with Gasteiger partial charge in [0.2, 0.25) is 0 Å². The van der Waals surface area contributed by atoms with E-state index in [4.69, 9.17) is 37.0 Å². The second-order valence-corrected chi connectivity index (χ2v) is 30.2. The van der Waals surface area contributed by atoms with Crippen molar-refractivity contribution in [1.29, 1.82) is 0 Å². The minimum atomic E-state index is -4.96. The zero-order chi connectivity index (χ0) is 69.1. The predicted molar refractivity (Wildman–Crippen MR) is 382 cm³/mol. The molecule has 0 spiro atoms. The first-order valence-corrected chi connectivity index (χ1v) is 42.2. The summed E-state index contributed by atoms with van der Waals surface area (Å²) in [6.45, 7) is 7.28. The van der Waals surface area contributed by atoms with Gasteiger partial charge in [0.05, 0.1) is 26.4 Å². The third kappa shape index (κ3) is 67.3. The van der Waals surface area contributed by atoms with Crippen molar-refractivity contribution in [1.82, 2.24) is 0 Å². The maximum atomic E-state index is 13.1. The van der Waals surface area contributed by atoms with Gasteiger partial charge in [0.25, 0.3) is 0 Å². The highest BCUT2D eigenvalue weighted by molar-refractivity contribution is 7.47. The molecule has 3 unspecified atom stereocenters. The van der Waals surface area contributed by atoms with E-state index in [1.165, 1.54) is 218 Å². The van der Waals surface area contributed by atoms with Gasteiger partial charge in [-0.3, -0.25) is 37.3 Å². The molecule has 0 aromatic carbocycles. The number of aliphatic hydroxyl groups is 1. The van der Waals surface area contributed by atoms with Crippen LogP contribution in [-0.4, -0.2) is 96.7 Å². The molecule has 3 N–H and O–H groups in total. The zero-order valence-electron chi connectivity index (χ0n) is 61.1. The Morgan fingerprint density at radius 2 is 0.511 bits per heavy atom. The Bertz CT molecular complexity index is 1810. The summed E-state index contributed by atoms with van der Waals surface area (Å²) in [6.07, 6.45) is 56.9. The Kier molecular flexibility index (Phi) is 66.8. The molecule has 0 fully saturated rings. The van der Waals surface area contributed by atoms with Crippen LogP contribution < -0.4 is 0 Å². The first kappa shape index (κ1) is 92.1. The third-order valence-electron chi connectivity index (χ3n) is 17.9. The van der Waals surface area contributed by atoms with Gasteiger partial charge in [0.1, 0.15) is 19.3 Å². The second kappa shape index (κ2) is 68.2. The number of carbonyl (C=O) groups excluding carboxylic acids is 4. The second-order valence-electron chi connectivity index (χ2n) is 27.3. The van der Waals surface area contributed by atoms with Crippen molar-refractivity contribution in [3.8, 4) is 0 Å². The van der Waals surface area contributed by atoms with E-state index in [0.29, 0.717) is 25.7 Å². The molecule has 0 saturated heterocycles. The van der Waals surface area contributed by atoms with E-state index in [9.17, 15) is 43.2 Å². The van der Waals surface area contributed by atoms with Crippen molar-refractivity contribution < 1.29 is 80.2 Å². The topological polar surface area (TPSA) is 237 Å². The summed E-state index contributed by atoms with van der Waals surface area (Å²) >= 11 is 0. The number of hydrogen-bond acceptors (Lipinski definition) is 15.